The summed E-state index contributed by atoms with van der Waals surface area (Å²) in [6.45, 7) is 3.51. The van der Waals surface area contributed by atoms with Gasteiger partial charge in [-0.15, -0.1) is 0 Å². The molecule has 1 aromatic carbocycles. The summed E-state index contributed by atoms with van der Waals surface area (Å²) in [6.07, 6.45) is 1.19. The van der Waals surface area contributed by atoms with Crippen LogP contribution in [0.25, 0.3) is 0 Å². The van der Waals surface area contributed by atoms with Crippen LogP contribution in [-0.2, 0) is 6.54 Å². The summed E-state index contributed by atoms with van der Waals surface area (Å²) in [6, 6.07) is 10.6. The summed E-state index contributed by atoms with van der Waals surface area (Å²) in [5.41, 5.74) is 1.37. The van der Waals surface area contributed by atoms with E-state index >= 15 is 0 Å². The molecule has 0 spiro atoms. The molecule has 0 saturated carbocycles. The number of nitrogens with zero attached hydrogens (tertiary/aromatic N) is 1. The maximum Gasteiger partial charge on any atom is 0.0481 e. The number of aliphatic hydroxyl groups excluding tert-OH is 1. The van der Waals surface area contributed by atoms with Crippen LogP contribution in [0.2, 0.25) is 0 Å². The molecule has 0 amide bonds. The molecule has 1 aromatic rings. The van der Waals surface area contributed by atoms with Gasteiger partial charge >= 0.3 is 0 Å². The Morgan fingerprint density at radius 1 is 1.31 bits per heavy atom. The standard InChI is InChI=1S/C13H18INO/c14-13-6-7-15(9-12(13)10-16)8-11-4-2-1-3-5-11/h1-5,12-13,16H,6-10H2/t12-,13-/m1/s1. The van der Waals surface area contributed by atoms with Gasteiger partial charge in [0, 0.05) is 29.5 Å². The smallest absolute Gasteiger partial charge is 0.0481 e. The molecule has 1 N–H and O–H groups in total. The van der Waals surface area contributed by atoms with Gasteiger partial charge in [-0.1, -0.05) is 52.9 Å². The van der Waals surface area contributed by atoms with Crippen molar-refractivity contribution in [2.24, 2.45) is 5.92 Å². The van der Waals surface area contributed by atoms with Crippen molar-refractivity contribution >= 4 is 22.6 Å². The minimum absolute atomic E-state index is 0.318. The molecular weight excluding hydrogens is 313 g/mol. The second kappa shape index (κ2) is 5.98. The Hall–Kier alpha value is -0.130. The lowest BCUT2D eigenvalue weighted by Crippen LogP contribution is -2.41. The van der Waals surface area contributed by atoms with Crippen molar-refractivity contribution in [2.45, 2.75) is 16.9 Å². The third-order valence-corrected chi connectivity index (χ3v) is 4.85. The van der Waals surface area contributed by atoms with Crippen LogP contribution in [0, 0.1) is 5.92 Å². The molecule has 0 bridgehead atoms. The van der Waals surface area contributed by atoms with Crippen LogP contribution in [0.4, 0.5) is 0 Å². The van der Waals surface area contributed by atoms with Crippen LogP contribution in [0.3, 0.4) is 0 Å². The van der Waals surface area contributed by atoms with Crippen molar-refractivity contribution < 1.29 is 5.11 Å². The third-order valence-electron chi connectivity index (χ3n) is 3.21. The van der Waals surface area contributed by atoms with E-state index in [1.54, 1.807) is 0 Å². The van der Waals surface area contributed by atoms with Crippen LogP contribution < -0.4 is 0 Å². The van der Waals surface area contributed by atoms with Gasteiger partial charge in [-0.3, -0.25) is 4.90 Å². The Labute approximate surface area is 111 Å². The lowest BCUT2D eigenvalue weighted by atomic mass is 9.98. The first kappa shape index (κ1) is 12.3. The van der Waals surface area contributed by atoms with Crippen LogP contribution in [0.5, 0.6) is 0 Å². The zero-order valence-corrected chi connectivity index (χ0v) is 11.5. The molecule has 0 aliphatic carbocycles. The van der Waals surface area contributed by atoms with Crippen molar-refractivity contribution in [1.82, 2.24) is 4.90 Å². The topological polar surface area (TPSA) is 23.5 Å². The number of aliphatic hydroxyl groups is 1. The second-order valence-corrected chi connectivity index (χ2v) is 6.07. The summed E-state index contributed by atoms with van der Waals surface area (Å²) < 4.78 is 0.634. The SMILES string of the molecule is OC[C@H]1CN(Cc2ccccc2)CC[C@H]1I. The van der Waals surface area contributed by atoms with Gasteiger partial charge in [0.15, 0.2) is 0 Å². The van der Waals surface area contributed by atoms with Gasteiger partial charge < -0.3 is 5.11 Å². The van der Waals surface area contributed by atoms with Gasteiger partial charge in [-0.05, 0) is 18.5 Å². The van der Waals surface area contributed by atoms with Crippen LogP contribution in [-0.4, -0.2) is 33.6 Å². The average Bonchev–Trinajstić information content (AvgIpc) is 2.33. The molecule has 1 fully saturated rings. The Morgan fingerprint density at radius 2 is 2.06 bits per heavy atom. The van der Waals surface area contributed by atoms with Crippen molar-refractivity contribution in [3.05, 3.63) is 35.9 Å². The van der Waals surface area contributed by atoms with Crippen molar-refractivity contribution in [1.29, 1.82) is 0 Å². The number of piperidine rings is 1. The summed E-state index contributed by atoms with van der Waals surface area (Å²) in [5.74, 6) is 0.443. The monoisotopic (exact) mass is 331 g/mol. The molecular formula is C13H18INO. The highest BCUT2D eigenvalue weighted by molar-refractivity contribution is 14.1. The highest BCUT2D eigenvalue weighted by Gasteiger charge is 2.26. The normalized spacial score (nSPS) is 26.9. The molecule has 0 unspecified atom stereocenters. The number of benzene rings is 1. The number of hydrogen-bond acceptors (Lipinski definition) is 2. The number of halogens is 1. The van der Waals surface area contributed by atoms with Gasteiger partial charge in [0.1, 0.15) is 0 Å². The van der Waals surface area contributed by atoms with E-state index < -0.39 is 0 Å². The zero-order valence-electron chi connectivity index (χ0n) is 9.35. The summed E-state index contributed by atoms with van der Waals surface area (Å²) in [4.78, 5) is 2.45. The molecule has 1 aliphatic heterocycles. The fourth-order valence-corrected chi connectivity index (χ4v) is 2.97. The van der Waals surface area contributed by atoms with Crippen molar-refractivity contribution in [2.75, 3.05) is 19.7 Å². The number of likely N-dealkylation sites (tertiary alicyclic amines) is 1. The van der Waals surface area contributed by atoms with Gasteiger partial charge in [0.2, 0.25) is 0 Å². The fraction of sp³-hybridized carbons (Fsp3) is 0.538. The highest BCUT2D eigenvalue weighted by Crippen LogP contribution is 2.24. The van der Waals surface area contributed by atoms with Crippen LogP contribution in [0.1, 0.15) is 12.0 Å². The molecule has 1 heterocycles. The van der Waals surface area contributed by atoms with E-state index in [4.69, 9.17) is 0 Å². The molecule has 88 valence electrons. The van der Waals surface area contributed by atoms with E-state index in [0.717, 1.165) is 19.6 Å². The van der Waals surface area contributed by atoms with E-state index in [2.05, 4.69) is 57.8 Å². The molecule has 1 aliphatic rings. The van der Waals surface area contributed by atoms with Crippen LogP contribution >= 0.6 is 22.6 Å². The first-order valence-electron chi connectivity index (χ1n) is 5.81. The van der Waals surface area contributed by atoms with Gasteiger partial charge in [-0.25, -0.2) is 0 Å². The summed E-state index contributed by atoms with van der Waals surface area (Å²) >= 11 is 2.47. The molecule has 3 heteroatoms. The van der Waals surface area contributed by atoms with E-state index in [9.17, 15) is 5.11 Å². The predicted molar refractivity (Wildman–Crippen MR) is 74.7 cm³/mol. The molecule has 2 rings (SSSR count). The van der Waals surface area contributed by atoms with E-state index in [0.29, 0.717) is 16.4 Å². The summed E-state index contributed by atoms with van der Waals surface area (Å²) in [5, 5.41) is 9.31. The minimum atomic E-state index is 0.318. The van der Waals surface area contributed by atoms with E-state index in [1.165, 1.54) is 12.0 Å². The molecule has 2 atom stereocenters. The molecule has 0 radical (unpaired) electrons. The minimum Gasteiger partial charge on any atom is -0.396 e. The van der Waals surface area contributed by atoms with Gasteiger partial charge in [0.25, 0.3) is 0 Å². The average molecular weight is 331 g/mol. The molecule has 2 nitrogen and oxygen atoms in total. The number of hydrogen-bond donors (Lipinski definition) is 1. The fourth-order valence-electron chi connectivity index (χ4n) is 2.24. The van der Waals surface area contributed by atoms with Crippen molar-refractivity contribution in [3.8, 4) is 0 Å². The number of alkyl halides is 1. The van der Waals surface area contributed by atoms with Crippen LogP contribution in [0.15, 0.2) is 30.3 Å². The highest BCUT2D eigenvalue weighted by atomic mass is 127. The quantitative estimate of drug-likeness (QED) is 0.679. The first-order valence-corrected chi connectivity index (χ1v) is 7.05. The Balaban J connectivity index is 1.92. The van der Waals surface area contributed by atoms with E-state index in [1.807, 2.05) is 0 Å². The van der Waals surface area contributed by atoms with E-state index in [-0.39, 0.29) is 0 Å². The Bertz CT molecular complexity index is 317. The van der Waals surface area contributed by atoms with Gasteiger partial charge in [-0.2, -0.15) is 0 Å². The van der Waals surface area contributed by atoms with Gasteiger partial charge in [0.05, 0.1) is 0 Å². The Morgan fingerprint density at radius 3 is 2.75 bits per heavy atom. The maximum atomic E-state index is 9.31. The Kier molecular flexibility index (Phi) is 4.61. The maximum absolute atomic E-state index is 9.31. The number of rotatable bonds is 3. The zero-order chi connectivity index (χ0) is 11.4. The lowest BCUT2D eigenvalue weighted by molar-refractivity contribution is 0.125. The second-order valence-electron chi connectivity index (χ2n) is 4.47. The molecule has 0 aromatic heterocycles. The van der Waals surface area contributed by atoms with Crippen molar-refractivity contribution in [3.63, 3.8) is 0 Å². The molecule has 1 saturated heterocycles. The third kappa shape index (κ3) is 3.18. The summed E-state index contributed by atoms with van der Waals surface area (Å²) in [7, 11) is 0. The molecule has 16 heavy (non-hydrogen) atoms. The lowest BCUT2D eigenvalue weighted by Gasteiger charge is -2.35. The predicted octanol–water partition coefficient (Wildman–Crippen LogP) is 2.30. The largest absolute Gasteiger partial charge is 0.396 e. The first-order chi connectivity index (χ1) is 7.79.